The van der Waals surface area contributed by atoms with Gasteiger partial charge in [-0.1, -0.05) is 35.9 Å². The topological polar surface area (TPSA) is 63.6 Å². The van der Waals surface area contributed by atoms with Crippen LogP contribution in [0.25, 0.3) is 0 Å². The Balaban J connectivity index is 1.64. The molecule has 1 heterocycles. The van der Waals surface area contributed by atoms with E-state index in [1.54, 1.807) is 30.7 Å². The van der Waals surface area contributed by atoms with Crippen LogP contribution in [0, 0.1) is 0 Å². The molecule has 26 heavy (non-hydrogen) atoms. The predicted molar refractivity (Wildman–Crippen MR) is 102 cm³/mol. The number of benzene rings is 2. The van der Waals surface area contributed by atoms with Crippen molar-refractivity contribution < 1.29 is 9.53 Å². The Kier molecular flexibility index (Phi) is 5.96. The molecule has 130 valence electrons. The van der Waals surface area contributed by atoms with Crippen molar-refractivity contribution in [2.75, 3.05) is 0 Å². The smallest absolute Gasteiger partial charge is 0.271 e. The van der Waals surface area contributed by atoms with Crippen molar-refractivity contribution in [1.29, 1.82) is 0 Å². The van der Waals surface area contributed by atoms with Crippen LogP contribution in [0.15, 0.2) is 78.2 Å². The average Bonchev–Trinajstić information content (AvgIpc) is 2.68. The Morgan fingerprint density at radius 3 is 2.73 bits per heavy atom. The van der Waals surface area contributed by atoms with Gasteiger partial charge in [-0.3, -0.25) is 9.78 Å². The third-order valence-corrected chi connectivity index (χ3v) is 3.75. The molecule has 5 nitrogen and oxygen atoms in total. The predicted octanol–water partition coefficient (Wildman–Crippen LogP) is 4.08. The minimum atomic E-state index is -0.305. The summed E-state index contributed by atoms with van der Waals surface area (Å²) in [5.41, 5.74) is 4.70. The maximum Gasteiger partial charge on any atom is 0.271 e. The number of ether oxygens (including phenoxy) is 1. The van der Waals surface area contributed by atoms with E-state index in [1.807, 2.05) is 48.5 Å². The zero-order valence-electron chi connectivity index (χ0n) is 13.8. The van der Waals surface area contributed by atoms with Crippen molar-refractivity contribution in [3.63, 3.8) is 0 Å². The first-order valence-electron chi connectivity index (χ1n) is 7.92. The van der Waals surface area contributed by atoms with E-state index in [2.05, 4.69) is 15.5 Å². The molecule has 1 N–H and O–H groups in total. The number of amides is 1. The summed E-state index contributed by atoms with van der Waals surface area (Å²) in [6.45, 7) is 0.384. The highest BCUT2D eigenvalue weighted by atomic mass is 35.5. The van der Waals surface area contributed by atoms with Crippen LogP contribution >= 0.6 is 11.6 Å². The van der Waals surface area contributed by atoms with E-state index in [0.717, 1.165) is 11.1 Å². The van der Waals surface area contributed by atoms with Gasteiger partial charge in [-0.05, 0) is 42.0 Å². The maximum absolute atomic E-state index is 12.0. The molecule has 0 saturated carbocycles. The number of hydrogen-bond donors (Lipinski definition) is 1. The second-order valence-corrected chi connectivity index (χ2v) is 5.83. The Morgan fingerprint density at radius 1 is 1.12 bits per heavy atom. The Morgan fingerprint density at radius 2 is 1.92 bits per heavy atom. The van der Waals surface area contributed by atoms with Crippen LogP contribution in [-0.2, 0) is 6.61 Å². The summed E-state index contributed by atoms with van der Waals surface area (Å²) in [7, 11) is 0. The van der Waals surface area contributed by atoms with Crippen LogP contribution in [0.1, 0.15) is 21.5 Å². The lowest BCUT2D eigenvalue weighted by molar-refractivity contribution is 0.0955. The van der Waals surface area contributed by atoms with Crippen LogP contribution in [0.2, 0.25) is 5.02 Å². The van der Waals surface area contributed by atoms with Crippen LogP contribution < -0.4 is 10.2 Å². The van der Waals surface area contributed by atoms with E-state index in [9.17, 15) is 4.79 Å². The number of rotatable bonds is 6. The fourth-order valence-corrected chi connectivity index (χ4v) is 2.45. The van der Waals surface area contributed by atoms with Crippen LogP contribution in [0.4, 0.5) is 0 Å². The molecule has 1 amide bonds. The minimum Gasteiger partial charge on any atom is -0.488 e. The molecule has 0 aliphatic rings. The van der Waals surface area contributed by atoms with Gasteiger partial charge in [0.2, 0.25) is 0 Å². The van der Waals surface area contributed by atoms with Crippen molar-refractivity contribution in [2.45, 2.75) is 6.61 Å². The summed E-state index contributed by atoms with van der Waals surface area (Å²) < 4.78 is 5.85. The lowest BCUT2D eigenvalue weighted by atomic mass is 10.2. The van der Waals surface area contributed by atoms with Gasteiger partial charge in [-0.2, -0.15) is 5.10 Å². The maximum atomic E-state index is 12.0. The molecule has 1 aromatic heterocycles. The van der Waals surface area contributed by atoms with E-state index in [-0.39, 0.29) is 5.91 Å². The van der Waals surface area contributed by atoms with Crippen molar-refractivity contribution >= 4 is 23.7 Å². The number of para-hydroxylation sites is 1. The Bertz CT molecular complexity index is 914. The van der Waals surface area contributed by atoms with Gasteiger partial charge in [0.15, 0.2) is 0 Å². The summed E-state index contributed by atoms with van der Waals surface area (Å²) in [6.07, 6.45) is 4.65. The molecule has 0 aliphatic carbocycles. The first kappa shape index (κ1) is 17.6. The van der Waals surface area contributed by atoms with E-state index >= 15 is 0 Å². The van der Waals surface area contributed by atoms with Gasteiger partial charge in [0.25, 0.3) is 5.91 Å². The van der Waals surface area contributed by atoms with Crippen LogP contribution in [0.5, 0.6) is 5.75 Å². The van der Waals surface area contributed by atoms with Crippen molar-refractivity contribution in [2.24, 2.45) is 5.10 Å². The molecule has 0 bridgehead atoms. The number of nitrogens with zero attached hydrogens (tertiary/aromatic N) is 2. The number of carbonyl (C=O) groups is 1. The van der Waals surface area contributed by atoms with Gasteiger partial charge in [0.1, 0.15) is 12.4 Å². The van der Waals surface area contributed by atoms with E-state index in [0.29, 0.717) is 22.9 Å². The van der Waals surface area contributed by atoms with Gasteiger partial charge in [0, 0.05) is 28.5 Å². The molecular weight excluding hydrogens is 350 g/mol. The number of halogens is 1. The van der Waals surface area contributed by atoms with Gasteiger partial charge < -0.3 is 4.74 Å². The molecule has 3 aromatic rings. The quantitative estimate of drug-likeness (QED) is 0.529. The van der Waals surface area contributed by atoms with Crippen molar-refractivity contribution in [3.8, 4) is 5.75 Å². The average molecular weight is 366 g/mol. The summed E-state index contributed by atoms with van der Waals surface area (Å²) in [5.74, 6) is 0.357. The largest absolute Gasteiger partial charge is 0.488 e. The number of pyridine rings is 1. The highest BCUT2D eigenvalue weighted by molar-refractivity contribution is 6.30. The second-order valence-electron chi connectivity index (χ2n) is 5.39. The summed E-state index contributed by atoms with van der Waals surface area (Å²) in [4.78, 5) is 15.8. The molecule has 0 unspecified atom stereocenters. The van der Waals surface area contributed by atoms with Crippen molar-refractivity contribution in [1.82, 2.24) is 10.4 Å². The fourth-order valence-electron chi connectivity index (χ4n) is 2.23. The molecule has 0 saturated heterocycles. The highest BCUT2D eigenvalue weighted by Crippen LogP contribution is 2.18. The molecule has 0 aliphatic heterocycles. The SMILES string of the molecule is O=C(N/N=C/c1ccccc1OCc1cccc(Cl)c1)c1ccncc1. The first-order valence-corrected chi connectivity index (χ1v) is 8.30. The van der Waals surface area contributed by atoms with Gasteiger partial charge in [-0.15, -0.1) is 0 Å². The molecule has 2 aromatic carbocycles. The zero-order chi connectivity index (χ0) is 18.2. The molecule has 0 spiro atoms. The Hall–Kier alpha value is -3.18. The zero-order valence-corrected chi connectivity index (χ0v) is 14.6. The third kappa shape index (κ3) is 4.91. The minimum absolute atomic E-state index is 0.305. The van der Waals surface area contributed by atoms with E-state index < -0.39 is 0 Å². The monoisotopic (exact) mass is 365 g/mol. The number of hydrogen-bond acceptors (Lipinski definition) is 4. The molecule has 6 heteroatoms. The van der Waals surface area contributed by atoms with Crippen LogP contribution in [-0.4, -0.2) is 17.1 Å². The standard InChI is InChI=1S/C20H16ClN3O2/c21-18-6-3-4-15(12-18)14-26-19-7-2-1-5-17(19)13-23-24-20(25)16-8-10-22-11-9-16/h1-13H,14H2,(H,24,25)/b23-13+. The molecule has 0 atom stereocenters. The molecular formula is C20H16ClN3O2. The molecule has 0 radical (unpaired) electrons. The third-order valence-electron chi connectivity index (χ3n) is 3.51. The number of nitrogens with one attached hydrogen (secondary N) is 1. The highest BCUT2D eigenvalue weighted by Gasteiger charge is 2.04. The lowest BCUT2D eigenvalue weighted by Gasteiger charge is -2.09. The van der Waals surface area contributed by atoms with Gasteiger partial charge >= 0.3 is 0 Å². The second kappa shape index (κ2) is 8.78. The van der Waals surface area contributed by atoms with E-state index in [4.69, 9.17) is 16.3 Å². The molecule has 0 fully saturated rings. The van der Waals surface area contributed by atoms with Gasteiger partial charge in [0.05, 0.1) is 6.21 Å². The Labute approximate surface area is 156 Å². The fraction of sp³-hybridized carbons (Fsp3) is 0.0500. The first-order chi connectivity index (χ1) is 12.7. The lowest BCUT2D eigenvalue weighted by Crippen LogP contribution is -2.17. The molecule has 3 rings (SSSR count). The summed E-state index contributed by atoms with van der Waals surface area (Å²) in [5, 5.41) is 4.67. The number of aromatic nitrogens is 1. The summed E-state index contributed by atoms with van der Waals surface area (Å²) >= 11 is 5.99. The van der Waals surface area contributed by atoms with E-state index in [1.165, 1.54) is 0 Å². The number of carbonyl (C=O) groups excluding carboxylic acids is 1. The summed E-state index contributed by atoms with van der Waals surface area (Å²) in [6, 6.07) is 18.2. The number of hydrazone groups is 1. The normalized spacial score (nSPS) is 10.7. The van der Waals surface area contributed by atoms with Crippen LogP contribution in [0.3, 0.4) is 0 Å². The van der Waals surface area contributed by atoms with Gasteiger partial charge in [-0.25, -0.2) is 5.43 Å². The van der Waals surface area contributed by atoms with Crippen molar-refractivity contribution in [3.05, 3.63) is 94.8 Å².